The maximum Gasteiger partial charge on any atom is 0.270 e. The highest BCUT2D eigenvalue weighted by Crippen LogP contribution is 2.28. The smallest absolute Gasteiger partial charge is 0.270 e. The molecular weight excluding hydrogens is 454 g/mol. The monoisotopic (exact) mass is 473 g/mol. The fourth-order valence-corrected chi connectivity index (χ4v) is 5.21. The van der Waals surface area contributed by atoms with Gasteiger partial charge >= 0.3 is 0 Å². The molecule has 0 bridgehead atoms. The molecule has 4 rings (SSSR count). The lowest BCUT2D eigenvalue weighted by molar-refractivity contribution is -0.384. The third-order valence-electron chi connectivity index (χ3n) is 4.70. The Bertz CT molecular complexity index is 1250. The molecular formula is C20H19N5O5S2. The van der Waals surface area contributed by atoms with Gasteiger partial charge in [-0.3, -0.25) is 15.5 Å². The van der Waals surface area contributed by atoms with Crippen LogP contribution < -0.4 is 5.43 Å². The number of anilines is 1. The summed E-state index contributed by atoms with van der Waals surface area (Å²) in [5.74, 6) is 0. The van der Waals surface area contributed by atoms with E-state index in [-0.39, 0.29) is 10.6 Å². The molecule has 0 aliphatic carbocycles. The van der Waals surface area contributed by atoms with Crippen molar-refractivity contribution in [1.29, 1.82) is 0 Å². The average Bonchev–Trinajstić information content (AvgIpc) is 3.29. The lowest BCUT2D eigenvalue weighted by atomic mass is 10.2. The fraction of sp³-hybridized carbons (Fsp3) is 0.200. The zero-order chi connectivity index (χ0) is 22.6. The average molecular weight is 474 g/mol. The molecule has 1 saturated heterocycles. The van der Waals surface area contributed by atoms with E-state index in [9.17, 15) is 18.5 Å². The van der Waals surface area contributed by atoms with Gasteiger partial charge in [0.05, 0.1) is 34.9 Å². The topological polar surface area (TPSA) is 127 Å². The van der Waals surface area contributed by atoms with Crippen LogP contribution in [0.4, 0.5) is 10.8 Å². The fourth-order valence-electron chi connectivity index (χ4n) is 3.09. The number of thiazole rings is 1. The van der Waals surface area contributed by atoms with Crippen LogP contribution in [-0.2, 0) is 14.8 Å². The summed E-state index contributed by atoms with van der Waals surface area (Å²) in [5, 5.41) is 17.2. The van der Waals surface area contributed by atoms with Crippen LogP contribution in [0.5, 0.6) is 0 Å². The molecule has 3 aromatic rings. The van der Waals surface area contributed by atoms with E-state index in [4.69, 9.17) is 4.74 Å². The Hall–Kier alpha value is -3.19. The molecule has 2 heterocycles. The maximum absolute atomic E-state index is 12.9. The number of nitrogens with one attached hydrogen (secondary N) is 1. The number of nitro benzene ring substituents is 1. The summed E-state index contributed by atoms with van der Waals surface area (Å²) >= 11 is 1.31. The molecule has 1 N–H and O–H groups in total. The zero-order valence-corrected chi connectivity index (χ0v) is 18.4. The van der Waals surface area contributed by atoms with Gasteiger partial charge in [0.15, 0.2) is 0 Å². The van der Waals surface area contributed by atoms with E-state index in [2.05, 4.69) is 15.5 Å². The summed E-state index contributed by atoms with van der Waals surface area (Å²) < 4.78 is 32.5. The number of rotatable bonds is 7. The predicted molar refractivity (Wildman–Crippen MR) is 121 cm³/mol. The number of morpholine rings is 1. The highest BCUT2D eigenvalue weighted by atomic mass is 32.2. The third-order valence-corrected chi connectivity index (χ3v) is 7.34. The number of benzene rings is 2. The van der Waals surface area contributed by atoms with Crippen molar-refractivity contribution in [2.24, 2.45) is 5.10 Å². The van der Waals surface area contributed by atoms with Gasteiger partial charge in [0, 0.05) is 41.7 Å². The summed E-state index contributed by atoms with van der Waals surface area (Å²) in [6.07, 6.45) is 1.46. The number of nitro groups is 1. The van der Waals surface area contributed by atoms with Gasteiger partial charge in [0.1, 0.15) is 0 Å². The van der Waals surface area contributed by atoms with Gasteiger partial charge in [0.25, 0.3) is 5.69 Å². The van der Waals surface area contributed by atoms with Gasteiger partial charge in [-0.1, -0.05) is 24.3 Å². The molecule has 12 heteroatoms. The van der Waals surface area contributed by atoms with Crippen molar-refractivity contribution in [2.45, 2.75) is 4.90 Å². The van der Waals surface area contributed by atoms with Crippen LogP contribution in [-0.4, -0.2) is 55.1 Å². The first kappa shape index (κ1) is 22.0. The Morgan fingerprint density at radius 3 is 2.75 bits per heavy atom. The standard InChI is InChI=1S/C20H19N5O5S2/c26-25(27)17-5-1-3-15(11-17)13-21-23-20-22-19(14-31-20)16-4-2-6-18(12-16)32(28,29)24-7-9-30-10-8-24/h1-6,11-14H,7-10H2,(H,22,23)/b21-13+. The third kappa shape index (κ3) is 4.99. The molecule has 10 nitrogen and oxygen atoms in total. The molecule has 32 heavy (non-hydrogen) atoms. The molecule has 0 unspecified atom stereocenters. The second kappa shape index (κ2) is 9.53. The van der Waals surface area contributed by atoms with Crippen molar-refractivity contribution < 1.29 is 18.1 Å². The molecule has 0 radical (unpaired) electrons. The van der Waals surface area contributed by atoms with Crippen LogP contribution >= 0.6 is 11.3 Å². The lowest BCUT2D eigenvalue weighted by Crippen LogP contribution is -2.40. The van der Waals surface area contributed by atoms with E-state index < -0.39 is 14.9 Å². The quantitative estimate of drug-likeness (QED) is 0.317. The number of nitrogens with zero attached hydrogens (tertiary/aromatic N) is 4. The second-order valence-corrected chi connectivity index (χ2v) is 9.60. The number of hydrogen-bond donors (Lipinski definition) is 1. The predicted octanol–water partition coefficient (Wildman–Crippen LogP) is 3.19. The minimum Gasteiger partial charge on any atom is -0.379 e. The Labute approximate surface area is 188 Å². The van der Waals surface area contributed by atoms with Gasteiger partial charge in [0.2, 0.25) is 15.2 Å². The lowest BCUT2D eigenvalue weighted by Gasteiger charge is -2.26. The second-order valence-electron chi connectivity index (χ2n) is 6.80. The van der Waals surface area contributed by atoms with E-state index in [1.165, 1.54) is 34.0 Å². The van der Waals surface area contributed by atoms with Gasteiger partial charge in [-0.25, -0.2) is 13.4 Å². The van der Waals surface area contributed by atoms with Crippen molar-refractivity contribution >= 4 is 38.4 Å². The highest BCUT2D eigenvalue weighted by Gasteiger charge is 2.26. The van der Waals surface area contributed by atoms with E-state index in [1.54, 1.807) is 41.8 Å². The minimum absolute atomic E-state index is 0.0163. The summed E-state index contributed by atoms with van der Waals surface area (Å²) in [5.41, 5.74) is 4.64. The van der Waals surface area contributed by atoms with E-state index in [0.29, 0.717) is 48.3 Å². The molecule has 0 saturated carbocycles. The molecule has 1 fully saturated rings. The van der Waals surface area contributed by atoms with Crippen LogP contribution in [0.1, 0.15) is 5.56 Å². The largest absolute Gasteiger partial charge is 0.379 e. The number of aromatic nitrogens is 1. The summed E-state index contributed by atoms with van der Waals surface area (Å²) in [7, 11) is -3.60. The first-order valence-corrected chi connectivity index (χ1v) is 11.9. The molecule has 1 aliphatic heterocycles. The number of hydrazone groups is 1. The van der Waals surface area contributed by atoms with Gasteiger partial charge < -0.3 is 4.74 Å². The summed E-state index contributed by atoms with van der Waals surface area (Å²) in [6, 6.07) is 12.8. The van der Waals surface area contributed by atoms with Crippen molar-refractivity contribution in [3.63, 3.8) is 0 Å². The molecule has 0 atom stereocenters. The van der Waals surface area contributed by atoms with Crippen molar-refractivity contribution in [3.8, 4) is 11.3 Å². The van der Waals surface area contributed by atoms with Crippen LogP contribution in [0, 0.1) is 10.1 Å². The van der Waals surface area contributed by atoms with Crippen molar-refractivity contribution in [2.75, 3.05) is 31.7 Å². The van der Waals surface area contributed by atoms with Crippen LogP contribution in [0.3, 0.4) is 0 Å². The van der Waals surface area contributed by atoms with Crippen LogP contribution in [0.2, 0.25) is 0 Å². The van der Waals surface area contributed by atoms with Gasteiger partial charge in [-0.2, -0.15) is 9.41 Å². The van der Waals surface area contributed by atoms with Crippen molar-refractivity contribution in [3.05, 3.63) is 69.6 Å². The molecule has 1 aromatic heterocycles. The number of sulfonamides is 1. The number of hydrogen-bond acceptors (Lipinski definition) is 9. The highest BCUT2D eigenvalue weighted by molar-refractivity contribution is 7.89. The van der Waals surface area contributed by atoms with Crippen LogP contribution in [0.25, 0.3) is 11.3 Å². The normalized spacial score (nSPS) is 15.1. The van der Waals surface area contributed by atoms with Gasteiger partial charge in [-0.05, 0) is 12.1 Å². The van der Waals surface area contributed by atoms with Crippen molar-refractivity contribution in [1.82, 2.24) is 9.29 Å². The molecule has 0 spiro atoms. The van der Waals surface area contributed by atoms with E-state index >= 15 is 0 Å². The summed E-state index contributed by atoms with van der Waals surface area (Å²) in [4.78, 5) is 15.0. The van der Waals surface area contributed by atoms with E-state index in [0.717, 1.165) is 0 Å². The molecule has 166 valence electrons. The SMILES string of the molecule is O=[N+]([O-])c1cccc(/C=N/Nc2nc(-c3cccc(S(=O)(=O)N4CCOCC4)c3)cs2)c1. The molecule has 2 aromatic carbocycles. The Kier molecular flexibility index (Phi) is 6.55. The zero-order valence-electron chi connectivity index (χ0n) is 16.7. The number of non-ortho nitro benzene ring substituents is 1. The Balaban J connectivity index is 1.47. The summed E-state index contributed by atoms with van der Waals surface area (Å²) in [6.45, 7) is 1.44. The van der Waals surface area contributed by atoms with E-state index in [1.807, 2.05) is 0 Å². The minimum atomic E-state index is -3.60. The first-order chi connectivity index (χ1) is 15.4. The first-order valence-electron chi connectivity index (χ1n) is 9.61. The molecule has 0 amide bonds. The van der Waals surface area contributed by atoms with Gasteiger partial charge in [-0.15, -0.1) is 11.3 Å². The Morgan fingerprint density at radius 1 is 1.19 bits per heavy atom. The maximum atomic E-state index is 12.9. The van der Waals surface area contributed by atoms with Crippen LogP contribution in [0.15, 0.2) is 63.9 Å². The number of ether oxygens (including phenoxy) is 1. The molecule has 1 aliphatic rings. The Morgan fingerprint density at radius 2 is 1.97 bits per heavy atom.